The minimum atomic E-state index is 0.627. The van der Waals surface area contributed by atoms with Gasteiger partial charge in [-0.3, -0.25) is 0 Å². The van der Waals surface area contributed by atoms with E-state index in [9.17, 15) is 0 Å². The Hall–Kier alpha value is -1.36. The standard InChI is InChI=1S/C13H23N5/c1-5-14-13-15-8-10(2)12(16-13)18-7-6-11(9-18)17(3)4/h8,11H,5-7,9H2,1-4H3,(H,14,15,16). The molecule has 1 saturated heterocycles. The van der Waals surface area contributed by atoms with Gasteiger partial charge in [0.25, 0.3) is 0 Å². The summed E-state index contributed by atoms with van der Waals surface area (Å²) in [7, 11) is 4.29. The molecule has 0 aromatic carbocycles. The van der Waals surface area contributed by atoms with Crippen LogP contribution in [0.15, 0.2) is 6.20 Å². The molecule has 5 nitrogen and oxygen atoms in total. The van der Waals surface area contributed by atoms with Crippen LogP contribution in [0.1, 0.15) is 18.9 Å². The Labute approximate surface area is 109 Å². The normalized spacial score (nSPS) is 19.6. The molecule has 2 heterocycles. The highest BCUT2D eigenvalue weighted by Gasteiger charge is 2.26. The van der Waals surface area contributed by atoms with Gasteiger partial charge in [-0.15, -0.1) is 0 Å². The van der Waals surface area contributed by atoms with Crippen molar-refractivity contribution in [2.24, 2.45) is 0 Å². The minimum absolute atomic E-state index is 0.627. The molecule has 1 atom stereocenters. The molecule has 100 valence electrons. The third-order valence-corrected chi connectivity index (χ3v) is 3.47. The molecule has 2 rings (SSSR count). The van der Waals surface area contributed by atoms with Crippen molar-refractivity contribution in [1.29, 1.82) is 0 Å². The van der Waals surface area contributed by atoms with Crippen molar-refractivity contribution < 1.29 is 0 Å². The van der Waals surface area contributed by atoms with Crippen molar-refractivity contribution in [3.05, 3.63) is 11.8 Å². The summed E-state index contributed by atoms with van der Waals surface area (Å²) in [6.45, 7) is 7.11. The molecule has 1 aromatic rings. The van der Waals surface area contributed by atoms with E-state index < -0.39 is 0 Å². The maximum Gasteiger partial charge on any atom is 0.224 e. The number of aryl methyl sites for hydroxylation is 1. The summed E-state index contributed by atoms with van der Waals surface area (Å²) >= 11 is 0. The van der Waals surface area contributed by atoms with Gasteiger partial charge in [-0.2, -0.15) is 4.98 Å². The third kappa shape index (κ3) is 2.72. The first-order valence-electron chi connectivity index (χ1n) is 6.60. The van der Waals surface area contributed by atoms with Crippen LogP contribution >= 0.6 is 0 Å². The smallest absolute Gasteiger partial charge is 0.224 e. The Morgan fingerprint density at radius 1 is 1.50 bits per heavy atom. The van der Waals surface area contributed by atoms with Crippen LogP contribution < -0.4 is 10.2 Å². The zero-order valence-electron chi connectivity index (χ0n) is 11.8. The van der Waals surface area contributed by atoms with Gasteiger partial charge in [-0.1, -0.05) is 0 Å². The van der Waals surface area contributed by atoms with Gasteiger partial charge in [0.1, 0.15) is 5.82 Å². The Balaban J connectivity index is 2.15. The number of nitrogens with one attached hydrogen (secondary N) is 1. The molecule has 1 aromatic heterocycles. The molecule has 1 unspecified atom stereocenters. The predicted octanol–water partition coefficient (Wildman–Crippen LogP) is 1.36. The lowest BCUT2D eigenvalue weighted by molar-refractivity contribution is 0.315. The highest BCUT2D eigenvalue weighted by Crippen LogP contribution is 2.24. The number of likely N-dealkylation sites (N-methyl/N-ethyl adjacent to an activating group) is 1. The zero-order chi connectivity index (χ0) is 13.1. The van der Waals surface area contributed by atoms with Crippen molar-refractivity contribution in [2.75, 3.05) is 43.9 Å². The third-order valence-electron chi connectivity index (χ3n) is 3.47. The van der Waals surface area contributed by atoms with E-state index >= 15 is 0 Å². The van der Waals surface area contributed by atoms with Crippen molar-refractivity contribution in [2.45, 2.75) is 26.3 Å². The van der Waals surface area contributed by atoms with Crippen LogP contribution in [0.2, 0.25) is 0 Å². The molecule has 0 bridgehead atoms. The fraction of sp³-hybridized carbons (Fsp3) is 0.692. The average molecular weight is 249 g/mol. The molecule has 1 aliphatic heterocycles. The van der Waals surface area contributed by atoms with Crippen LogP contribution in [-0.2, 0) is 0 Å². The fourth-order valence-electron chi connectivity index (χ4n) is 2.35. The topological polar surface area (TPSA) is 44.3 Å². The zero-order valence-corrected chi connectivity index (χ0v) is 11.8. The summed E-state index contributed by atoms with van der Waals surface area (Å²) in [5, 5.41) is 3.17. The summed E-state index contributed by atoms with van der Waals surface area (Å²) in [5.74, 6) is 1.80. The van der Waals surface area contributed by atoms with Gasteiger partial charge < -0.3 is 15.1 Å². The quantitative estimate of drug-likeness (QED) is 0.873. The Morgan fingerprint density at radius 2 is 2.28 bits per heavy atom. The molecule has 5 heteroatoms. The second-order valence-corrected chi connectivity index (χ2v) is 5.08. The molecule has 0 saturated carbocycles. The number of rotatable bonds is 4. The lowest BCUT2D eigenvalue weighted by Gasteiger charge is -2.22. The first-order chi connectivity index (χ1) is 8.61. The molecule has 1 aliphatic rings. The molecule has 1 N–H and O–H groups in total. The number of hydrogen-bond acceptors (Lipinski definition) is 5. The highest BCUT2D eigenvalue weighted by atomic mass is 15.3. The first-order valence-corrected chi connectivity index (χ1v) is 6.60. The Morgan fingerprint density at radius 3 is 2.89 bits per heavy atom. The summed E-state index contributed by atoms with van der Waals surface area (Å²) in [4.78, 5) is 13.6. The van der Waals surface area contributed by atoms with Crippen LogP contribution in [0.25, 0.3) is 0 Å². The SMILES string of the molecule is CCNc1ncc(C)c(N2CCC(N(C)C)C2)n1. The van der Waals surface area contributed by atoms with Crippen LogP contribution in [0.4, 0.5) is 11.8 Å². The van der Waals surface area contributed by atoms with Gasteiger partial charge in [0.05, 0.1) is 0 Å². The molecule has 0 aliphatic carbocycles. The van der Waals surface area contributed by atoms with Gasteiger partial charge >= 0.3 is 0 Å². The van der Waals surface area contributed by atoms with E-state index in [1.807, 2.05) is 6.20 Å². The number of hydrogen-bond donors (Lipinski definition) is 1. The van der Waals surface area contributed by atoms with Crippen LogP contribution in [-0.4, -0.2) is 54.6 Å². The fourth-order valence-corrected chi connectivity index (χ4v) is 2.35. The molecular weight excluding hydrogens is 226 g/mol. The van der Waals surface area contributed by atoms with Crippen molar-refractivity contribution >= 4 is 11.8 Å². The number of anilines is 2. The minimum Gasteiger partial charge on any atom is -0.355 e. The summed E-state index contributed by atoms with van der Waals surface area (Å²) < 4.78 is 0. The summed E-state index contributed by atoms with van der Waals surface area (Å²) in [6, 6.07) is 0.627. The number of aromatic nitrogens is 2. The van der Waals surface area contributed by atoms with E-state index in [1.54, 1.807) is 0 Å². The van der Waals surface area contributed by atoms with E-state index in [4.69, 9.17) is 0 Å². The lowest BCUT2D eigenvalue weighted by Crippen LogP contribution is -2.32. The van der Waals surface area contributed by atoms with E-state index in [2.05, 4.69) is 53.0 Å². The molecular formula is C13H23N5. The van der Waals surface area contributed by atoms with E-state index in [0.29, 0.717) is 6.04 Å². The van der Waals surface area contributed by atoms with Gasteiger partial charge in [-0.05, 0) is 34.4 Å². The highest BCUT2D eigenvalue weighted by molar-refractivity contribution is 5.50. The van der Waals surface area contributed by atoms with E-state index in [-0.39, 0.29) is 0 Å². The lowest BCUT2D eigenvalue weighted by atomic mass is 10.2. The molecule has 18 heavy (non-hydrogen) atoms. The van der Waals surface area contributed by atoms with Gasteiger partial charge in [0.2, 0.25) is 5.95 Å². The van der Waals surface area contributed by atoms with Gasteiger partial charge in [0.15, 0.2) is 0 Å². The second-order valence-electron chi connectivity index (χ2n) is 5.08. The monoisotopic (exact) mass is 249 g/mol. The van der Waals surface area contributed by atoms with E-state index in [0.717, 1.165) is 37.0 Å². The maximum absolute atomic E-state index is 4.62. The maximum atomic E-state index is 4.62. The van der Waals surface area contributed by atoms with Crippen LogP contribution in [0, 0.1) is 6.92 Å². The molecule has 0 spiro atoms. The van der Waals surface area contributed by atoms with Crippen molar-refractivity contribution in [3.63, 3.8) is 0 Å². The average Bonchev–Trinajstić information content (AvgIpc) is 2.81. The molecule has 1 fully saturated rings. The first kappa shape index (κ1) is 13.1. The van der Waals surface area contributed by atoms with Gasteiger partial charge in [0, 0.05) is 37.4 Å². The predicted molar refractivity (Wildman–Crippen MR) is 75.2 cm³/mol. The summed E-state index contributed by atoms with van der Waals surface area (Å²) in [6.07, 6.45) is 3.11. The molecule has 0 radical (unpaired) electrons. The van der Waals surface area contributed by atoms with Gasteiger partial charge in [-0.25, -0.2) is 4.98 Å². The number of nitrogens with zero attached hydrogens (tertiary/aromatic N) is 4. The van der Waals surface area contributed by atoms with Crippen molar-refractivity contribution in [1.82, 2.24) is 14.9 Å². The Kier molecular flexibility index (Phi) is 4.01. The second kappa shape index (κ2) is 5.52. The molecule has 0 amide bonds. The van der Waals surface area contributed by atoms with Crippen LogP contribution in [0.3, 0.4) is 0 Å². The van der Waals surface area contributed by atoms with Crippen molar-refractivity contribution in [3.8, 4) is 0 Å². The summed E-state index contributed by atoms with van der Waals surface area (Å²) in [5.41, 5.74) is 1.15. The van der Waals surface area contributed by atoms with Crippen LogP contribution in [0.5, 0.6) is 0 Å². The van der Waals surface area contributed by atoms with E-state index in [1.165, 1.54) is 6.42 Å². The largest absolute Gasteiger partial charge is 0.355 e. The Bertz CT molecular complexity index is 404.